The zero-order valence-electron chi connectivity index (χ0n) is 15.0. The van der Waals surface area contributed by atoms with Crippen LogP contribution in [0.15, 0.2) is 0 Å². The number of rotatable bonds is 4. The molecular formula is C18H33N3O2. The van der Waals surface area contributed by atoms with Gasteiger partial charge in [0.2, 0.25) is 0 Å². The molecular weight excluding hydrogens is 290 g/mol. The maximum absolute atomic E-state index is 12.3. The van der Waals surface area contributed by atoms with Crippen LogP contribution in [-0.2, 0) is 9.53 Å². The molecule has 1 saturated carbocycles. The highest BCUT2D eigenvalue weighted by Gasteiger charge is 2.45. The second-order valence-electron chi connectivity index (χ2n) is 7.88. The summed E-state index contributed by atoms with van der Waals surface area (Å²) >= 11 is 0. The predicted octanol–water partition coefficient (Wildman–Crippen LogP) is 1.82. The molecule has 5 nitrogen and oxygen atoms in total. The smallest absolute Gasteiger partial charge is 0.323 e. The summed E-state index contributed by atoms with van der Waals surface area (Å²) in [7, 11) is 1.52. The molecule has 0 radical (unpaired) electrons. The maximum atomic E-state index is 12.3. The van der Waals surface area contributed by atoms with Gasteiger partial charge in [-0.2, -0.15) is 0 Å². The fourth-order valence-corrected chi connectivity index (χ4v) is 4.79. The van der Waals surface area contributed by atoms with E-state index in [1.54, 1.807) is 0 Å². The van der Waals surface area contributed by atoms with Gasteiger partial charge in [-0.15, -0.1) is 0 Å². The van der Waals surface area contributed by atoms with Crippen LogP contribution in [0.2, 0.25) is 0 Å². The topological polar surface area (TPSA) is 44.8 Å². The number of esters is 1. The molecule has 3 rings (SSSR count). The first-order valence-corrected chi connectivity index (χ1v) is 9.41. The van der Waals surface area contributed by atoms with Crippen molar-refractivity contribution in [3.05, 3.63) is 0 Å². The van der Waals surface area contributed by atoms with Crippen molar-refractivity contribution in [2.75, 3.05) is 26.9 Å². The summed E-state index contributed by atoms with van der Waals surface area (Å²) in [6, 6.07) is 1.43. The molecule has 5 heteroatoms. The van der Waals surface area contributed by atoms with E-state index in [1.165, 1.54) is 39.2 Å². The lowest BCUT2D eigenvalue weighted by Gasteiger charge is -2.44. The van der Waals surface area contributed by atoms with Crippen LogP contribution in [0.3, 0.4) is 0 Å². The number of carbonyl (C=O) groups excluding carboxylic acids is 1. The van der Waals surface area contributed by atoms with Crippen molar-refractivity contribution < 1.29 is 9.53 Å². The summed E-state index contributed by atoms with van der Waals surface area (Å²) in [5, 5.41) is 3.61. The third kappa shape index (κ3) is 3.72. The third-order valence-electron chi connectivity index (χ3n) is 6.12. The molecule has 0 aromatic carbocycles. The Kier molecular flexibility index (Phi) is 5.60. The van der Waals surface area contributed by atoms with Crippen molar-refractivity contribution in [3.8, 4) is 0 Å². The van der Waals surface area contributed by atoms with E-state index in [9.17, 15) is 4.79 Å². The van der Waals surface area contributed by atoms with Crippen molar-refractivity contribution >= 4 is 5.97 Å². The van der Waals surface area contributed by atoms with E-state index >= 15 is 0 Å². The number of ether oxygens (including phenoxy) is 1. The second kappa shape index (κ2) is 7.49. The van der Waals surface area contributed by atoms with Crippen LogP contribution in [0.1, 0.15) is 52.4 Å². The Morgan fingerprint density at radius 1 is 1.26 bits per heavy atom. The number of hydrogen-bond acceptors (Lipinski definition) is 5. The van der Waals surface area contributed by atoms with Crippen molar-refractivity contribution in [1.82, 2.24) is 15.1 Å². The van der Waals surface area contributed by atoms with E-state index < -0.39 is 0 Å². The fraction of sp³-hybridized carbons (Fsp3) is 0.944. The van der Waals surface area contributed by atoms with Crippen molar-refractivity contribution in [2.45, 2.75) is 76.5 Å². The second-order valence-corrected chi connectivity index (χ2v) is 7.88. The average Bonchev–Trinajstić information content (AvgIpc) is 2.97. The molecule has 3 aliphatic rings. The van der Waals surface area contributed by atoms with Gasteiger partial charge in [-0.1, -0.05) is 19.3 Å². The summed E-state index contributed by atoms with van der Waals surface area (Å²) in [4.78, 5) is 17.3. The molecule has 0 aromatic heterocycles. The summed E-state index contributed by atoms with van der Waals surface area (Å²) in [6.07, 6.45) is 7.62. The zero-order valence-corrected chi connectivity index (χ0v) is 15.0. The Balaban J connectivity index is 1.70. The first-order chi connectivity index (χ1) is 11.1. The molecule has 3 fully saturated rings. The van der Waals surface area contributed by atoms with E-state index in [0.29, 0.717) is 18.1 Å². The van der Waals surface area contributed by atoms with Crippen LogP contribution >= 0.6 is 0 Å². The Morgan fingerprint density at radius 2 is 2.00 bits per heavy atom. The SMILES string of the molecule is COC(=O)[C@@H]1CC2NCN(C(C)C)C2CN1CC1CCCCC1. The molecule has 3 atom stereocenters. The highest BCUT2D eigenvalue weighted by Crippen LogP contribution is 2.31. The molecule has 0 spiro atoms. The molecule has 0 amide bonds. The molecule has 1 aliphatic carbocycles. The van der Waals surface area contributed by atoms with Gasteiger partial charge in [0.15, 0.2) is 0 Å². The van der Waals surface area contributed by atoms with Gasteiger partial charge in [-0.05, 0) is 39.0 Å². The van der Waals surface area contributed by atoms with Gasteiger partial charge in [0.05, 0.1) is 7.11 Å². The predicted molar refractivity (Wildman–Crippen MR) is 91.1 cm³/mol. The number of methoxy groups -OCH3 is 1. The zero-order chi connectivity index (χ0) is 16.4. The van der Waals surface area contributed by atoms with Gasteiger partial charge in [-0.3, -0.25) is 19.9 Å². The van der Waals surface area contributed by atoms with Gasteiger partial charge in [0, 0.05) is 37.9 Å². The standard InChI is InChI=1S/C18H33N3O2/c1-13(2)21-12-19-15-9-16(18(22)23-3)20(11-17(15)21)10-14-7-5-4-6-8-14/h13-17,19H,4-12H2,1-3H3/t15?,16-,17?/m0/s1. The molecule has 23 heavy (non-hydrogen) atoms. The molecule has 2 aliphatic heterocycles. The van der Waals surface area contributed by atoms with Gasteiger partial charge >= 0.3 is 5.97 Å². The molecule has 2 saturated heterocycles. The number of fused-ring (bicyclic) bond motifs is 1. The van der Waals surface area contributed by atoms with Crippen molar-refractivity contribution in [2.24, 2.45) is 5.92 Å². The van der Waals surface area contributed by atoms with E-state index in [4.69, 9.17) is 4.74 Å². The highest BCUT2D eigenvalue weighted by atomic mass is 16.5. The first kappa shape index (κ1) is 17.2. The number of carbonyl (C=O) groups is 1. The lowest BCUT2D eigenvalue weighted by molar-refractivity contribution is -0.149. The van der Waals surface area contributed by atoms with Crippen LogP contribution in [0.5, 0.6) is 0 Å². The molecule has 2 heterocycles. The minimum absolute atomic E-state index is 0.0518. The van der Waals surface area contributed by atoms with Crippen LogP contribution < -0.4 is 5.32 Å². The molecule has 0 aromatic rings. The molecule has 2 unspecified atom stereocenters. The Labute approximate surface area is 140 Å². The normalized spacial score (nSPS) is 33.8. The summed E-state index contributed by atoms with van der Waals surface area (Å²) < 4.78 is 5.11. The number of hydrogen-bond donors (Lipinski definition) is 1. The summed E-state index contributed by atoms with van der Waals surface area (Å²) in [5.41, 5.74) is 0. The highest BCUT2D eigenvalue weighted by molar-refractivity contribution is 5.76. The Morgan fingerprint density at radius 3 is 2.65 bits per heavy atom. The first-order valence-electron chi connectivity index (χ1n) is 9.41. The van der Waals surface area contributed by atoms with Gasteiger partial charge in [0.1, 0.15) is 6.04 Å². The lowest BCUT2D eigenvalue weighted by Crippen LogP contribution is -2.60. The van der Waals surface area contributed by atoms with Crippen molar-refractivity contribution in [3.63, 3.8) is 0 Å². The van der Waals surface area contributed by atoms with E-state index in [1.807, 2.05) is 0 Å². The largest absolute Gasteiger partial charge is 0.468 e. The van der Waals surface area contributed by atoms with Crippen LogP contribution in [-0.4, -0.2) is 66.8 Å². The summed E-state index contributed by atoms with van der Waals surface area (Å²) in [6.45, 7) is 7.53. The molecule has 0 bridgehead atoms. The lowest BCUT2D eigenvalue weighted by atomic mass is 9.86. The maximum Gasteiger partial charge on any atom is 0.323 e. The minimum atomic E-state index is -0.0669. The monoisotopic (exact) mass is 323 g/mol. The van der Waals surface area contributed by atoms with E-state index in [0.717, 1.165) is 32.1 Å². The Bertz CT molecular complexity index is 409. The third-order valence-corrected chi connectivity index (χ3v) is 6.12. The van der Waals surface area contributed by atoms with Crippen LogP contribution in [0.4, 0.5) is 0 Å². The molecule has 1 N–H and O–H groups in total. The van der Waals surface area contributed by atoms with Gasteiger partial charge in [-0.25, -0.2) is 0 Å². The van der Waals surface area contributed by atoms with Crippen molar-refractivity contribution in [1.29, 1.82) is 0 Å². The number of nitrogens with one attached hydrogen (secondary N) is 1. The minimum Gasteiger partial charge on any atom is -0.468 e. The van der Waals surface area contributed by atoms with E-state index in [-0.39, 0.29) is 12.0 Å². The van der Waals surface area contributed by atoms with Crippen LogP contribution in [0.25, 0.3) is 0 Å². The fourth-order valence-electron chi connectivity index (χ4n) is 4.79. The Hall–Kier alpha value is -0.650. The number of likely N-dealkylation sites (tertiary alicyclic amines) is 1. The number of piperidine rings is 1. The average molecular weight is 323 g/mol. The quantitative estimate of drug-likeness (QED) is 0.800. The van der Waals surface area contributed by atoms with Gasteiger partial charge < -0.3 is 4.74 Å². The number of nitrogens with zero attached hydrogens (tertiary/aromatic N) is 2. The van der Waals surface area contributed by atoms with Crippen LogP contribution in [0, 0.1) is 5.92 Å². The summed E-state index contributed by atoms with van der Waals surface area (Å²) in [5.74, 6) is 0.707. The molecule has 132 valence electrons. The van der Waals surface area contributed by atoms with E-state index in [2.05, 4.69) is 29.0 Å². The van der Waals surface area contributed by atoms with Gasteiger partial charge in [0.25, 0.3) is 0 Å².